The molecule has 5 nitrogen and oxygen atoms in total. The van der Waals surface area contributed by atoms with E-state index in [0.717, 1.165) is 6.21 Å². The smallest absolute Gasteiger partial charge is 0.349 e. The van der Waals surface area contributed by atoms with Gasteiger partial charge < -0.3 is 4.74 Å². The van der Waals surface area contributed by atoms with Gasteiger partial charge in [0.1, 0.15) is 12.0 Å². The molecule has 0 aliphatic carbocycles. The van der Waals surface area contributed by atoms with Gasteiger partial charge in [-0.15, -0.1) is 0 Å². The number of nitrogens with one attached hydrogen (secondary N) is 1. The summed E-state index contributed by atoms with van der Waals surface area (Å²) in [5.41, 5.74) is 0. The summed E-state index contributed by atoms with van der Waals surface area (Å²) in [6.07, 6.45) is 2.66. The van der Waals surface area contributed by atoms with Crippen LogP contribution in [0.4, 0.5) is 5.82 Å². The van der Waals surface area contributed by atoms with Gasteiger partial charge >= 0.3 is 5.97 Å². The van der Waals surface area contributed by atoms with Crippen LogP contribution in [0.15, 0.2) is 17.3 Å². The van der Waals surface area contributed by atoms with Crippen molar-refractivity contribution in [2.45, 2.75) is 6.92 Å². The number of rotatable bonds is 3. The third-order valence-electron chi connectivity index (χ3n) is 1.08. The second-order valence-electron chi connectivity index (χ2n) is 1.95. The topological polar surface area (TPSA) is 67.3 Å². The molecule has 0 radical (unpaired) electrons. The van der Waals surface area contributed by atoms with E-state index in [0.29, 0.717) is 12.4 Å². The highest BCUT2D eigenvalue weighted by atomic mass is 16.5. The Morgan fingerprint density at radius 2 is 2.75 bits per heavy atom. The number of hydrogen-bond donors (Lipinski definition) is 1. The van der Waals surface area contributed by atoms with E-state index in [1.807, 2.05) is 0 Å². The molecule has 0 aliphatic heterocycles. The lowest BCUT2D eigenvalue weighted by Crippen LogP contribution is -2.04. The molecule has 12 heavy (non-hydrogen) atoms. The normalized spacial score (nSPS) is 10.4. The van der Waals surface area contributed by atoms with E-state index < -0.39 is 5.97 Å². The van der Waals surface area contributed by atoms with E-state index in [1.165, 1.54) is 0 Å². The molecule has 0 fully saturated rings. The summed E-state index contributed by atoms with van der Waals surface area (Å²) >= 11 is 0. The number of carbonyl (C=O) groups excluding carboxylic acids is 1. The first-order chi connectivity index (χ1) is 5.83. The van der Waals surface area contributed by atoms with Crippen molar-refractivity contribution in [2.75, 3.05) is 6.61 Å². The maximum Gasteiger partial charge on any atom is 0.349 e. The second-order valence-corrected chi connectivity index (χ2v) is 1.95. The largest absolute Gasteiger partial charge is 0.462 e. The van der Waals surface area contributed by atoms with Crippen molar-refractivity contribution >= 4 is 18.0 Å². The van der Waals surface area contributed by atoms with Crippen LogP contribution in [0.2, 0.25) is 0 Å². The van der Waals surface area contributed by atoms with Crippen LogP contribution in [0.3, 0.4) is 0 Å². The van der Waals surface area contributed by atoms with Crippen LogP contribution in [-0.4, -0.2) is 29.0 Å². The number of H-pyrrole nitrogens is 1. The molecule has 0 saturated carbocycles. The predicted molar refractivity (Wildman–Crippen MR) is 43.4 cm³/mol. The van der Waals surface area contributed by atoms with Gasteiger partial charge in [-0.2, -0.15) is 5.10 Å². The number of ether oxygens (including phenoxy) is 1. The van der Waals surface area contributed by atoms with Gasteiger partial charge in [0.05, 0.1) is 12.8 Å². The van der Waals surface area contributed by atoms with E-state index in [4.69, 9.17) is 0 Å². The maximum atomic E-state index is 10.7. The fourth-order valence-corrected chi connectivity index (χ4v) is 0.622. The molecule has 0 atom stereocenters. The van der Waals surface area contributed by atoms with Crippen molar-refractivity contribution in [3.63, 3.8) is 0 Å². The lowest BCUT2D eigenvalue weighted by Gasteiger charge is -1.92. The molecule has 0 amide bonds. The Labute approximate surface area is 69.5 Å². The monoisotopic (exact) mass is 167 g/mol. The Bertz CT molecular complexity index is 266. The fourth-order valence-electron chi connectivity index (χ4n) is 0.622. The molecule has 5 heteroatoms. The van der Waals surface area contributed by atoms with Gasteiger partial charge in [-0.3, -0.25) is 5.10 Å². The molecule has 1 aromatic rings. The van der Waals surface area contributed by atoms with Crippen LogP contribution in [-0.2, 0) is 9.53 Å². The third-order valence-corrected chi connectivity index (χ3v) is 1.08. The van der Waals surface area contributed by atoms with Gasteiger partial charge in [-0.25, -0.2) is 9.79 Å². The van der Waals surface area contributed by atoms with Crippen LogP contribution in [0.1, 0.15) is 6.92 Å². The molecule has 1 aromatic heterocycles. The van der Waals surface area contributed by atoms with Crippen molar-refractivity contribution < 1.29 is 9.53 Å². The summed E-state index contributed by atoms with van der Waals surface area (Å²) in [6.45, 7) is 2.09. The standard InChI is InChI=1S/C7H9N3O2/c1-2-12-7(11)5-8-6-3-4-9-10-6/h3-5H,2H2,1H3,(H,9,10). The number of aromatic nitrogens is 2. The Balaban J connectivity index is 2.45. The third kappa shape index (κ3) is 2.53. The second kappa shape index (κ2) is 4.27. The molecule has 0 spiro atoms. The Morgan fingerprint density at radius 3 is 3.33 bits per heavy atom. The van der Waals surface area contributed by atoms with Crippen molar-refractivity contribution in [1.82, 2.24) is 10.2 Å². The van der Waals surface area contributed by atoms with Crippen LogP contribution < -0.4 is 0 Å². The lowest BCUT2D eigenvalue weighted by atomic mass is 10.6. The predicted octanol–water partition coefficient (Wildman–Crippen LogP) is 0.675. The summed E-state index contributed by atoms with van der Waals surface area (Å²) < 4.78 is 4.62. The van der Waals surface area contributed by atoms with Crippen molar-refractivity contribution in [2.24, 2.45) is 4.99 Å². The van der Waals surface area contributed by atoms with E-state index in [2.05, 4.69) is 19.9 Å². The quantitative estimate of drug-likeness (QED) is 0.531. The Hall–Kier alpha value is -1.65. The SMILES string of the molecule is CCOC(=O)C=Nc1ccn[nH]1. The van der Waals surface area contributed by atoms with Crippen molar-refractivity contribution in [1.29, 1.82) is 0 Å². The maximum absolute atomic E-state index is 10.7. The molecule has 1 rings (SSSR count). The van der Waals surface area contributed by atoms with Gasteiger partial charge in [0.15, 0.2) is 0 Å². The zero-order chi connectivity index (χ0) is 8.81. The number of hydrogen-bond acceptors (Lipinski definition) is 4. The Morgan fingerprint density at radius 1 is 1.92 bits per heavy atom. The highest BCUT2D eigenvalue weighted by Crippen LogP contribution is 2.01. The zero-order valence-electron chi connectivity index (χ0n) is 6.65. The number of nitrogens with zero attached hydrogens (tertiary/aromatic N) is 2. The highest BCUT2D eigenvalue weighted by molar-refractivity contribution is 6.23. The number of esters is 1. The summed E-state index contributed by atoms with van der Waals surface area (Å²) in [4.78, 5) is 14.5. The summed E-state index contributed by atoms with van der Waals surface area (Å²) in [5, 5.41) is 6.23. The number of aliphatic imine (C=N–C) groups is 1. The minimum absolute atomic E-state index is 0.355. The molecule has 0 aliphatic rings. The minimum Gasteiger partial charge on any atom is -0.462 e. The van der Waals surface area contributed by atoms with Crippen molar-refractivity contribution in [3.05, 3.63) is 12.3 Å². The molecule has 64 valence electrons. The molecule has 0 unspecified atom stereocenters. The Kier molecular flexibility index (Phi) is 3.01. The first kappa shape index (κ1) is 8.45. The zero-order valence-corrected chi connectivity index (χ0v) is 6.65. The van der Waals surface area contributed by atoms with Gasteiger partial charge in [0.2, 0.25) is 0 Å². The number of carbonyl (C=O) groups is 1. The lowest BCUT2D eigenvalue weighted by molar-refractivity contribution is -0.134. The van der Waals surface area contributed by atoms with Gasteiger partial charge in [-0.05, 0) is 6.92 Å². The average molecular weight is 167 g/mol. The van der Waals surface area contributed by atoms with E-state index in [1.54, 1.807) is 19.2 Å². The molecule has 1 heterocycles. The summed E-state index contributed by atoms with van der Waals surface area (Å²) in [5.74, 6) is 0.0788. The van der Waals surface area contributed by atoms with E-state index >= 15 is 0 Å². The van der Waals surface area contributed by atoms with Crippen molar-refractivity contribution in [3.8, 4) is 0 Å². The van der Waals surface area contributed by atoms with E-state index in [-0.39, 0.29) is 0 Å². The first-order valence-electron chi connectivity index (χ1n) is 3.53. The first-order valence-corrected chi connectivity index (χ1v) is 3.53. The minimum atomic E-state index is -0.452. The van der Waals surface area contributed by atoms with E-state index in [9.17, 15) is 4.79 Å². The summed E-state index contributed by atoms with van der Waals surface area (Å²) in [7, 11) is 0. The van der Waals surface area contributed by atoms with Crippen LogP contribution >= 0.6 is 0 Å². The molecule has 0 saturated heterocycles. The van der Waals surface area contributed by atoms with Crippen LogP contribution in [0.5, 0.6) is 0 Å². The van der Waals surface area contributed by atoms with Crippen LogP contribution in [0.25, 0.3) is 0 Å². The fraction of sp³-hybridized carbons (Fsp3) is 0.286. The van der Waals surface area contributed by atoms with Gasteiger partial charge in [0, 0.05) is 6.07 Å². The van der Waals surface area contributed by atoms with Crippen LogP contribution in [0, 0.1) is 0 Å². The van der Waals surface area contributed by atoms with Gasteiger partial charge in [-0.1, -0.05) is 0 Å². The molecule has 0 bridgehead atoms. The van der Waals surface area contributed by atoms with Gasteiger partial charge in [0.25, 0.3) is 0 Å². The average Bonchev–Trinajstić information content (AvgIpc) is 2.53. The highest BCUT2D eigenvalue weighted by Gasteiger charge is 1.94. The molecule has 0 aromatic carbocycles. The molecular formula is C7H9N3O2. The molecule has 1 N–H and O–H groups in total. The molecular weight excluding hydrogens is 158 g/mol. The number of aromatic amines is 1. The summed E-state index contributed by atoms with van der Waals surface area (Å²) in [6, 6.07) is 1.65.